The molecule has 2 heterocycles. The molecule has 138 valence electrons. The Morgan fingerprint density at radius 2 is 1.80 bits per heavy atom. The van der Waals surface area contributed by atoms with E-state index in [-0.39, 0.29) is 11.7 Å². The maximum absolute atomic E-state index is 13.0. The number of benzene rings is 1. The summed E-state index contributed by atoms with van der Waals surface area (Å²) in [5, 5.41) is 2.43. The molecule has 3 rings (SSSR count). The Kier molecular flexibility index (Phi) is 5.19. The number of para-hydroxylation sites is 1. The molecule has 2 aliphatic heterocycles. The maximum Gasteiger partial charge on any atom is 0.418 e. The number of halogens is 3. The molecule has 0 bridgehead atoms. The number of nitrogens with one attached hydrogen (secondary N) is 1. The van der Waals surface area contributed by atoms with Gasteiger partial charge in [-0.25, -0.2) is 4.79 Å². The number of likely N-dealkylation sites (tertiary alicyclic amines) is 1. The van der Waals surface area contributed by atoms with E-state index in [9.17, 15) is 18.0 Å². The third-order valence-corrected chi connectivity index (χ3v) is 4.98. The van der Waals surface area contributed by atoms with Crippen molar-refractivity contribution in [2.75, 3.05) is 51.6 Å². The van der Waals surface area contributed by atoms with Crippen molar-refractivity contribution in [3.05, 3.63) is 29.8 Å². The second kappa shape index (κ2) is 7.21. The highest BCUT2D eigenvalue weighted by atomic mass is 19.4. The predicted octanol–water partition coefficient (Wildman–Crippen LogP) is 2.56. The third-order valence-electron chi connectivity index (χ3n) is 4.98. The Labute approximate surface area is 145 Å². The van der Waals surface area contributed by atoms with Gasteiger partial charge in [0.05, 0.1) is 11.3 Å². The van der Waals surface area contributed by atoms with Crippen molar-refractivity contribution in [2.24, 2.45) is 0 Å². The minimum atomic E-state index is -4.49. The standard InChI is InChI=1S/C17H23F3N4O/c1-22-8-10-23(11-9-22)13-6-7-24(12-13)16(25)21-15-5-3-2-4-14(15)17(18,19)20/h2-5,13H,6-12H2,1H3,(H,21,25)/t13-/m1/s1. The SMILES string of the molecule is CN1CCN([C@@H]2CCN(C(=O)Nc3ccccc3C(F)(F)F)C2)CC1. The van der Waals surface area contributed by atoms with E-state index in [0.29, 0.717) is 13.1 Å². The largest absolute Gasteiger partial charge is 0.418 e. The fourth-order valence-electron chi connectivity index (χ4n) is 3.44. The topological polar surface area (TPSA) is 38.8 Å². The quantitative estimate of drug-likeness (QED) is 0.885. The number of anilines is 1. The van der Waals surface area contributed by atoms with Gasteiger partial charge in [0.2, 0.25) is 0 Å². The highest BCUT2D eigenvalue weighted by molar-refractivity contribution is 5.90. The van der Waals surface area contributed by atoms with E-state index in [1.807, 2.05) is 0 Å². The molecule has 2 amide bonds. The van der Waals surface area contributed by atoms with Crippen LogP contribution in [0.5, 0.6) is 0 Å². The van der Waals surface area contributed by atoms with Gasteiger partial charge < -0.3 is 15.1 Å². The monoisotopic (exact) mass is 356 g/mol. The molecule has 0 radical (unpaired) electrons. The number of hydrogen-bond acceptors (Lipinski definition) is 3. The van der Waals surface area contributed by atoms with E-state index in [1.54, 1.807) is 4.90 Å². The molecule has 5 nitrogen and oxygen atoms in total. The van der Waals surface area contributed by atoms with Crippen molar-refractivity contribution in [3.8, 4) is 0 Å². The van der Waals surface area contributed by atoms with Crippen molar-refractivity contribution < 1.29 is 18.0 Å². The fraction of sp³-hybridized carbons (Fsp3) is 0.588. The molecule has 1 aromatic carbocycles. The lowest BCUT2D eigenvalue weighted by Crippen LogP contribution is -2.50. The number of carbonyl (C=O) groups is 1. The Morgan fingerprint density at radius 1 is 1.12 bits per heavy atom. The van der Waals surface area contributed by atoms with Gasteiger partial charge in [0.15, 0.2) is 0 Å². The van der Waals surface area contributed by atoms with Crippen LogP contribution in [0.15, 0.2) is 24.3 Å². The number of alkyl halides is 3. The smallest absolute Gasteiger partial charge is 0.323 e. The zero-order chi connectivity index (χ0) is 18.0. The third kappa shape index (κ3) is 4.24. The maximum atomic E-state index is 13.0. The normalized spacial score (nSPS) is 23.0. The van der Waals surface area contributed by atoms with Crippen molar-refractivity contribution in [1.29, 1.82) is 0 Å². The summed E-state index contributed by atoms with van der Waals surface area (Å²) in [5.41, 5.74) is -1.01. The van der Waals surface area contributed by atoms with Crippen LogP contribution >= 0.6 is 0 Å². The number of hydrogen-bond donors (Lipinski definition) is 1. The van der Waals surface area contributed by atoms with Crippen LogP contribution in [0.4, 0.5) is 23.7 Å². The van der Waals surface area contributed by atoms with Crippen LogP contribution in [0.25, 0.3) is 0 Å². The minimum Gasteiger partial charge on any atom is -0.323 e. The molecule has 0 aliphatic carbocycles. The van der Waals surface area contributed by atoms with Gasteiger partial charge in [0.1, 0.15) is 0 Å². The fourth-order valence-corrected chi connectivity index (χ4v) is 3.44. The van der Waals surface area contributed by atoms with E-state index in [0.717, 1.165) is 38.7 Å². The molecule has 1 aromatic rings. The minimum absolute atomic E-state index is 0.192. The molecule has 25 heavy (non-hydrogen) atoms. The van der Waals surface area contributed by atoms with Gasteiger partial charge in [-0.15, -0.1) is 0 Å². The molecule has 1 N–H and O–H groups in total. The summed E-state index contributed by atoms with van der Waals surface area (Å²) in [6.45, 7) is 5.06. The van der Waals surface area contributed by atoms with Crippen LogP contribution in [0.1, 0.15) is 12.0 Å². The summed E-state index contributed by atoms with van der Waals surface area (Å²) in [5.74, 6) is 0. The summed E-state index contributed by atoms with van der Waals surface area (Å²) in [7, 11) is 2.09. The summed E-state index contributed by atoms with van der Waals surface area (Å²) < 4.78 is 39.1. The molecular formula is C17H23F3N4O. The lowest BCUT2D eigenvalue weighted by molar-refractivity contribution is -0.136. The first-order valence-corrected chi connectivity index (χ1v) is 8.49. The second-order valence-electron chi connectivity index (χ2n) is 6.70. The van der Waals surface area contributed by atoms with E-state index in [2.05, 4.69) is 22.2 Å². The number of piperazine rings is 1. The molecule has 8 heteroatoms. The molecular weight excluding hydrogens is 333 g/mol. The Hall–Kier alpha value is -1.80. The first kappa shape index (κ1) is 18.0. The van der Waals surface area contributed by atoms with E-state index in [4.69, 9.17) is 0 Å². The first-order chi connectivity index (χ1) is 11.8. The van der Waals surface area contributed by atoms with Gasteiger partial charge in [-0.3, -0.25) is 4.90 Å². The molecule has 0 saturated carbocycles. The van der Waals surface area contributed by atoms with Crippen LogP contribution in [0.2, 0.25) is 0 Å². The van der Waals surface area contributed by atoms with E-state index < -0.39 is 17.8 Å². The van der Waals surface area contributed by atoms with Crippen molar-refractivity contribution in [2.45, 2.75) is 18.6 Å². The van der Waals surface area contributed by atoms with Gasteiger partial charge in [-0.1, -0.05) is 12.1 Å². The van der Waals surface area contributed by atoms with Crippen molar-refractivity contribution in [1.82, 2.24) is 14.7 Å². The lowest BCUT2D eigenvalue weighted by Gasteiger charge is -2.36. The van der Waals surface area contributed by atoms with Gasteiger partial charge >= 0.3 is 12.2 Å². The van der Waals surface area contributed by atoms with Crippen molar-refractivity contribution in [3.63, 3.8) is 0 Å². The number of rotatable bonds is 2. The second-order valence-corrected chi connectivity index (χ2v) is 6.70. The van der Waals surface area contributed by atoms with Crippen LogP contribution < -0.4 is 5.32 Å². The van der Waals surface area contributed by atoms with Crippen LogP contribution in [0.3, 0.4) is 0 Å². The Balaban J connectivity index is 1.60. The highest BCUT2D eigenvalue weighted by Crippen LogP contribution is 2.34. The van der Waals surface area contributed by atoms with Crippen molar-refractivity contribution >= 4 is 11.7 Å². The number of likely N-dealkylation sites (N-methyl/N-ethyl adjacent to an activating group) is 1. The zero-order valence-corrected chi connectivity index (χ0v) is 14.2. The first-order valence-electron chi connectivity index (χ1n) is 8.49. The number of carbonyl (C=O) groups excluding carboxylic acids is 1. The molecule has 1 atom stereocenters. The summed E-state index contributed by atoms with van der Waals surface area (Å²) in [4.78, 5) is 18.6. The molecule has 2 fully saturated rings. The van der Waals surface area contributed by atoms with Gasteiger partial charge in [-0.2, -0.15) is 13.2 Å². The zero-order valence-electron chi connectivity index (χ0n) is 14.2. The van der Waals surface area contributed by atoms with Gasteiger partial charge in [0.25, 0.3) is 0 Å². The predicted molar refractivity (Wildman–Crippen MR) is 89.5 cm³/mol. The molecule has 2 aliphatic rings. The summed E-state index contributed by atoms with van der Waals surface area (Å²) >= 11 is 0. The average Bonchev–Trinajstić information content (AvgIpc) is 3.05. The molecule has 0 unspecified atom stereocenters. The number of amides is 2. The summed E-state index contributed by atoms with van der Waals surface area (Å²) in [6.07, 6.45) is -3.63. The highest BCUT2D eigenvalue weighted by Gasteiger charge is 2.35. The number of urea groups is 1. The molecule has 0 spiro atoms. The lowest BCUT2D eigenvalue weighted by atomic mass is 10.1. The van der Waals surface area contributed by atoms with E-state index in [1.165, 1.54) is 18.2 Å². The van der Waals surface area contributed by atoms with E-state index >= 15 is 0 Å². The Morgan fingerprint density at radius 3 is 2.48 bits per heavy atom. The average molecular weight is 356 g/mol. The Bertz CT molecular complexity index is 614. The van der Waals surface area contributed by atoms with Crippen LogP contribution in [0, 0.1) is 0 Å². The van der Waals surface area contributed by atoms with Crippen LogP contribution in [-0.4, -0.2) is 73.1 Å². The summed E-state index contributed by atoms with van der Waals surface area (Å²) in [6, 6.07) is 4.90. The molecule has 2 saturated heterocycles. The number of nitrogens with zero attached hydrogens (tertiary/aromatic N) is 3. The van der Waals surface area contributed by atoms with Crippen LogP contribution in [-0.2, 0) is 6.18 Å². The molecule has 0 aromatic heterocycles. The van der Waals surface area contributed by atoms with Gasteiger partial charge in [-0.05, 0) is 25.6 Å². The van der Waals surface area contributed by atoms with Gasteiger partial charge in [0, 0.05) is 45.3 Å².